The minimum Gasteiger partial charge on any atom is -0.459 e. The predicted molar refractivity (Wildman–Crippen MR) is 79.4 cm³/mol. The molecule has 0 amide bonds. The van der Waals surface area contributed by atoms with E-state index in [2.05, 4.69) is 24.0 Å². The van der Waals surface area contributed by atoms with Crippen molar-refractivity contribution < 1.29 is 9.15 Å². The van der Waals surface area contributed by atoms with E-state index in [1.165, 1.54) is 10.9 Å². The van der Waals surface area contributed by atoms with Crippen molar-refractivity contribution in [3.05, 3.63) is 35.6 Å². The van der Waals surface area contributed by atoms with E-state index >= 15 is 0 Å². The number of fused-ring (bicyclic) bond motifs is 1. The predicted octanol–water partition coefficient (Wildman–Crippen LogP) is 2.50. The summed E-state index contributed by atoms with van der Waals surface area (Å²) in [7, 11) is 0. The molecule has 4 nitrogen and oxygen atoms in total. The van der Waals surface area contributed by atoms with Crippen molar-refractivity contribution in [2.45, 2.75) is 32.5 Å². The van der Waals surface area contributed by atoms with E-state index in [9.17, 15) is 0 Å². The van der Waals surface area contributed by atoms with E-state index in [1.807, 2.05) is 12.1 Å². The lowest BCUT2D eigenvalue weighted by molar-refractivity contribution is -0.0325. The Bertz CT molecular complexity index is 579. The summed E-state index contributed by atoms with van der Waals surface area (Å²) < 4.78 is 11.6. The summed E-state index contributed by atoms with van der Waals surface area (Å²) in [4.78, 5) is 2.44. The molecule has 2 aromatic rings. The average Bonchev–Trinajstić information content (AvgIpc) is 2.85. The Morgan fingerprint density at radius 1 is 1.35 bits per heavy atom. The molecule has 0 radical (unpaired) electrons. The maximum Gasteiger partial charge on any atom is 0.134 e. The van der Waals surface area contributed by atoms with Crippen molar-refractivity contribution in [2.24, 2.45) is 5.73 Å². The van der Waals surface area contributed by atoms with E-state index in [0.29, 0.717) is 12.6 Å². The maximum atomic E-state index is 5.86. The van der Waals surface area contributed by atoms with Gasteiger partial charge in [0, 0.05) is 30.6 Å². The Labute approximate surface area is 119 Å². The third kappa shape index (κ3) is 2.59. The van der Waals surface area contributed by atoms with Gasteiger partial charge in [-0.15, -0.1) is 0 Å². The molecule has 1 fully saturated rings. The standard InChI is InChI=1S/C16H22N2O2/c1-2-12-10-18(7-8-19-12)11-14-13-5-3-4-6-15(13)20-16(14)9-17/h3-6,12H,2,7-11,17H2,1H3. The molecule has 1 saturated heterocycles. The minimum absolute atomic E-state index is 0.350. The van der Waals surface area contributed by atoms with Gasteiger partial charge in [0.25, 0.3) is 0 Å². The van der Waals surface area contributed by atoms with Crippen LogP contribution < -0.4 is 5.73 Å². The fraction of sp³-hybridized carbons (Fsp3) is 0.500. The summed E-state index contributed by atoms with van der Waals surface area (Å²) in [5, 5.41) is 1.19. The van der Waals surface area contributed by atoms with Gasteiger partial charge in [-0.05, 0) is 12.5 Å². The van der Waals surface area contributed by atoms with Crippen molar-refractivity contribution in [3.63, 3.8) is 0 Å². The zero-order valence-electron chi connectivity index (χ0n) is 12.0. The van der Waals surface area contributed by atoms with Gasteiger partial charge in [0.05, 0.1) is 19.3 Å². The molecule has 4 heteroatoms. The SMILES string of the molecule is CCC1CN(Cc2c(CN)oc3ccccc23)CCO1. The number of morpholine rings is 1. The van der Waals surface area contributed by atoms with Gasteiger partial charge in [-0.2, -0.15) is 0 Å². The molecule has 1 aromatic heterocycles. The van der Waals surface area contributed by atoms with Crippen LogP contribution in [0.25, 0.3) is 11.0 Å². The highest BCUT2D eigenvalue weighted by molar-refractivity contribution is 5.82. The fourth-order valence-corrected chi connectivity index (χ4v) is 2.88. The first-order valence-corrected chi connectivity index (χ1v) is 7.35. The highest BCUT2D eigenvalue weighted by atomic mass is 16.5. The summed E-state index contributed by atoms with van der Waals surface area (Å²) in [6.45, 7) is 6.29. The van der Waals surface area contributed by atoms with Crippen LogP contribution in [0.4, 0.5) is 0 Å². The van der Waals surface area contributed by atoms with Crippen LogP contribution in [0, 0.1) is 0 Å². The van der Waals surface area contributed by atoms with Crippen molar-refractivity contribution in [3.8, 4) is 0 Å². The van der Waals surface area contributed by atoms with E-state index in [0.717, 1.165) is 44.0 Å². The lowest BCUT2D eigenvalue weighted by Gasteiger charge is -2.32. The molecule has 108 valence electrons. The lowest BCUT2D eigenvalue weighted by Crippen LogP contribution is -2.41. The molecule has 1 aliphatic heterocycles. The molecular weight excluding hydrogens is 252 g/mol. The molecule has 0 saturated carbocycles. The smallest absolute Gasteiger partial charge is 0.134 e. The Balaban J connectivity index is 1.86. The van der Waals surface area contributed by atoms with Crippen LogP contribution in [0.3, 0.4) is 0 Å². The zero-order valence-corrected chi connectivity index (χ0v) is 12.0. The monoisotopic (exact) mass is 274 g/mol. The van der Waals surface area contributed by atoms with Gasteiger partial charge in [-0.1, -0.05) is 25.1 Å². The molecule has 3 rings (SSSR count). The molecule has 0 bridgehead atoms. The van der Waals surface area contributed by atoms with Gasteiger partial charge in [-0.25, -0.2) is 0 Å². The Kier molecular flexibility index (Phi) is 4.05. The van der Waals surface area contributed by atoms with Crippen LogP contribution in [0.2, 0.25) is 0 Å². The second-order valence-electron chi connectivity index (χ2n) is 5.34. The van der Waals surface area contributed by atoms with Gasteiger partial charge in [-0.3, -0.25) is 4.90 Å². The first kappa shape index (κ1) is 13.6. The normalized spacial score (nSPS) is 20.6. The number of furan rings is 1. The molecule has 20 heavy (non-hydrogen) atoms. The van der Waals surface area contributed by atoms with E-state index in [4.69, 9.17) is 14.9 Å². The van der Waals surface area contributed by atoms with Gasteiger partial charge >= 0.3 is 0 Å². The van der Waals surface area contributed by atoms with Crippen molar-refractivity contribution >= 4 is 11.0 Å². The number of benzene rings is 1. The summed E-state index contributed by atoms with van der Waals surface area (Å²) in [6, 6.07) is 8.17. The Hall–Kier alpha value is -1.36. The molecule has 1 atom stereocenters. The van der Waals surface area contributed by atoms with Gasteiger partial charge in [0.1, 0.15) is 11.3 Å². The molecule has 0 spiro atoms. The summed E-state index contributed by atoms with van der Waals surface area (Å²) in [6.07, 6.45) is 1.41. The second-order valence-corrected chi connectivity index (χ2v) is 5.34. The quantitative estimate of drug-likeness (QED) is 0.930. The number of hydrogen-bond donors (Lipinski definition) is 1. The number of ether oxygens (including phenoxy) is 1. The van der Waals surface area contributed by atoms with E-state index in [-0.39, 0.29) is 0 Å². The molecule has 2 N–H and O–H groups in total. The molecule has 1 unspecified atom stereocenters. The number of nitrogens with zero attached hydrogens (tertiary/aromatic N) is 1. The van der Waals surface area contributed by atoms with Crippen molar-refractivity contribution in [1.29, 1.82) is 0 Å². The fourth-order valence-electron chi connectivity index (χ4n) is 2.88. The Morgan fingerprint density at radius 2 is 2.20 bits per heavy atom. The third-order valence-corrected chi connectivity index (χ3v) is 4.03. The van der Waals surface area contributed by atoms with Gasteiger partial charge in [0.2, 0.25) is 0 Å². The summed E-state index contributed by atoms with van der Waals surface area (Å²) in [5.41, 5.74) is 8.01. The van der Waals surface area contributed by atoms with Crippen molar-refractivity contribution in [2.75, 3.05) is 19.7 Å². The topological polar surface area (TPSA) is 51.6 Å². The highest BCUT2D eigenvalue weighted by Gasteiger charge is 2.22. The van der Waals surface area contributed by atoms with Crippen LogP contribution in [0.15, 0.2) is 28.7 Å². The number of rotatable bonds is 4. The minimum atomic E-state index is 0.350. The van der Waals surface area contributed by atoms with E-state index < -0.39 is 0 Å². The number of hydrogen-bond acceptors (Lipinski definition) is 4. The van der Waals surface area contributed by atoms with Crippen LogP contribution in [-0.2, 0) is 17.8 Å². The summed E-state index contributed by atoms with van der Waals surface area (Å²) >= 11 is 0. The van der Waals surface area contributed by atoms with E-state index in [1.54, 1.807) is 0 Å². The average molecular weight is 274 g/mol. The van der Waals surface area contributed by atoms with Crippen LogP contribution in [0.1, 0.15) is 24.7 Å². The van der Waals surface area contributed by atoms with Gasteiger partial charge in [0.15, 0.2) is 0 Å². The van der Waals surface area contributed by atoms with Crippen LogP contribution >= 0.6 is 0 Å². The lowest BCUT2D eigenvalue weighted by atomic mass is 10.1. The van der Waals surface area contributed by atoms with Crippen molar-refractivity contribution in [1.82, 2.24) is 4.90 Å². The molecule has 1 aliphatic rings. The molecular formula is C16H22N2O2. The maximum absolute atomic E-state index is 5.86. The Morgan fingerprint density at radius 3 is 3.00 bits per heavy atom. The molecule has 0 aliphatic carbocycles. The molecule has 2 heterocycles. The molecule has 1 aromatic carbocycles. The van der Waals surface area contributed by atoms with Crippen LogP contribution in [-0.4, -0.2) is 30.7 Å². The van der Waals surface area contributed by atoms with Gasteiger partial charge < -0.3 is 14.9 Å². The summed E-state index contributed by atoms with van der Waals surface area (Å²) in [5.74, 6) is 0.908. The first-order valence-electron chi connectivity index (χ1n) is 7.35. The second kappa shape index (κ2) is 5.95. The highest BCUT2D eigenvalue weighted by Crippen LogP contribution is 2.27. The zero-order chi connectivity index (χ0) is 13.9. The van der Waals surface area contributed by atoms with Crippen LogP contribution in [0.5, 0.6) is 0 Å². The third-order valence-electron chi connectivity index (χ3n) is 4.03. The first-order chi connectivity index (χ1) is 9.81. The number of para-hydroxylation sites is 1. The largest absolute Gasteiger partial charge is 0.459 e. The number of nitrogens with two attached hydrogens (primary N) is 1.